The number of carbonyl (C=O) groups excluding carboxylic acids is 2. The Kier molecular flexibility index (Phi) is 7.52. The summed E-state index contributed by atoms with van der Waals surface area (Å²) in [6.45, 7) is 5.39. The van der Waals surface area contributed by atoms with Crippen LogP contribution >= 0.6 is 15.9 Å². The van der Waals surface area contributed by atoms with Gasteiger partial charge in [-0.05, 0) is 49.8 Å². The van der Waals surface area contributed by atoms with Crippen molar-refractivity contribution in [3.8, 4) is 0 Å². The third-order valence-electron chi connectivity index (χ3n) is 6.10. The maximum absolute atomic E-state index is 12.9. The molecule has 6 heteroatoms. The van der Waals surface area contributed by atoms with Crippen LogP contribution in [-0.2, 0) is 19.7 Å². The predicted octanol–water partition coefficient (Wildman–Crippen LogP) is 3.65. The number of piperidine rings is 1. The zero-order valence-electron chi connectivity index (χ0n) is 16.7. The summed E-state index contributed by atoms with van der Waals surface area (Å²) in [6.07, 6.45) is 4.97. The van der Waals surface area contributed by atoms with Crippen molar-refractivity contribution >= 4 is 27.7 Å². The summed E-state index contributed by atoms with van der Waals surface area (Å²) in [5.74, 6) is 0.152. The van der Waals surface area contributed by atoms with Crippen LogP contribution < -0.4 is 5.32 Å². The standard InChI is InChI=1S/C22H31BrN2O3/c1-2-5-20(26)25-11-4-6-17(15-25)21(27)24-16-22(9-12-28-13-10-22)18-7-3-8-19(23)14-18/h3,7-8,14,17H,2,4-6,9-13,15-16H2,1H3,(H,24,27). The minimum absolute atomic E-state index is 0.0786. The van der Waals surface area contributed by atoms with Gasteiger partial charge in [0.25, 0.3) is 0 Å². The number of ether oxygens (including phenoxy) is 1. The molecule has 2 aliphatic rings. The van der Waals surface area contributed by atoms with Gasteiger partial charge in [0.1, 0.15) is 0 Å². The molecular weight excluding hydrogens is 420 g/mol. The van der Waals surface area contributed by atoms with Gasteiger partial charge in [-0.15, -0.1) is 0 Å². The molecule has 5 nitrogen and oxygen atoms in total. The SMILES string of the molecule is CCCC(=O)N1CCCC(C(=O)NCC2(c3cccc(Br)c3)CCOCC2)C1. The fraction of sp³-hybridized carbons (Fsp3) is 0.636. The number of carbonyl (C=O) groups is 2. The Morgan fingerprint density at radius 1 is 1.32 bits per heavy atom. The van der Waals surface area contributed by atoms with E-state index < -0.39 is 0 Å². The van der Waals surface area contributed by atoms with Crippen LogP contribution in [0.1, 0.15) is 51.0 Å². The van der Waals surface area contributed by atoms with Crippen LogP contribution in [0.5, 0.6) is 0 Å². The molecule has 0 spiro atoms. The molecule has 0 saturated carbocycles. The van der Waals surface area contributed by atoms with Crippen LogP contribution in [0.2, 0.25) is 0 Å². The molecule has 1 aromatic carbocycles. The molecule has 0 radical (unpaired) electrons. The van der Waals surface area contributed by atoms with Gasteiger partial charge in [-0.25, -0.2) is 0 Å². The van der Waals surface area contributed by atoms with Crippen LogP contribution in [0.4, 0.5) is 0 Å². The van der Waals surface area contributed by atoms with Gasteiger partial charge in [-0.3, -0.25) is 9.59 Å². The molecule has 2 saturated heterocycles. The average Bonchev–Trinajstić information content (AvgIpc) is 2.73. The van der Waals surface area contributed by atoms with E-state index in [1.807, 2.05) is 17.9 Å². The van der Waals surface area contributed by atoms with Gasteiger partial charge in [0.15, 0.2) is 0 Å². The smallest absolute Gasteiger partial charge is 0.224 e. The molecule has 2 amide bonds. The van der Waals surface area contributed by atoms with Crippen LogP contribution in [-0.4, -0.2) is 49.6 Å². The molecule has 0 bridgehead atoms. The van der Waals surface area contributed by atoms with Crippen LogP contribution in [0.15, 0.2) is 28.7 Å². The zero-order chi connectivity index (χ0) is 20.0. The third kappa shape index (κ3) is 5.15. The van der Waals surface area contributed by atoms with Gasteiger partial charge in [-0.2, -0.15) is 0 Å². The molecule has 0 aromatic heterocycles. The van der Waals surface area contributed by atoms with Crippen molar-refractivity contribution in [3.05, 3.63) is 34.3 Å². The highest BCUT2D eigenvalue weighted by Gasteiger charge is 2.36. The van der Waals surface area contributed by atoms with E-state index in [1.54, 1.807) is 0 Å². The minimum Gasteiger partial charge on any atom is -0.381 e. The quantitative estimate of drug-likeness (QED) is 0.719. The second-order valence-electron chi connectivity index (χ2n) is 8.05. The molecule has 1 aromatic rings. The molecule has 1 unspecified atom stereocenters. The van der Waals surface area contributed by atoms with Crippen LogP contribution in [0.25, 0.3) is 0 Å². The summed E-state index contributed by atoms with van der Waals surface area (Å²) in [5.41, 5.74) is 1.15. The number of nitrogens with zero attached hydrogens (tertiary/aromatic N) is 1. The van der Waals surface area contributed by atoms with Gasteiger partial charge in [0.05, 0.1) is 5.92 Å². The van der Waals surface area contributed by atoms with E-state index in [0.29, 0.717) is 32.7 Å². The Labute approximate surface area is 176 Å². The largest absolute Gasteiger partial charge is 0.381 e. The lowest BCUT2D eigenvalue weighted by Crippen LogP contribution is -2.49. The molecular formula is C22H31BrN2O3. The first kappa shape index (κ1) is 21.3. The monoisotopic (exact) mass is 450 g/mol. The summed E-state index contributed by atoms with van der Waals surface area (Å²) < 4.78 is 6.65. The molecule has 0 aliphatic carbocycles. The highest BCUT2D eigenvalue weighted by molar-refractivity contribution is 9.10. The number of halogens is 1. The lowest BCUT2D eigenvalue weighted by Gasteiger charge is -2.39. The Hall–Kier alpha value is -1.40. The van der Waals surface area contributed by atoms with Crippen molar-refractivity contribution in [2.75, 3.05) is 32.8 Å². The first-order valence-corrected chi connectivity index (χ1v) is 11.2. The van der Waals surface area contributed by atoms with E-state index in [-0.39, 0.29) is 23.1 Å². The predicted molar refractivity (Wildman–Crippen MR) is 113 cm³/mol. The number of hydrogen-bond acceptors (Lipinski definition) is 3. The molecule has 28 heavy (non-hydrogen) atoms. The molecule has 3 rings (SSSR count). The topological polar surface area (TPSA) is 58.6 Å². The van der Waals surface area contributed by atoms with E-state index in [9.17, 15) is 9.59 Å². The molecule has 1 N–H and O–H groups in total. The molecule has 2 aliphatic heterocycles. The number of likely N-dealkylation sites (tertiary alicyclic amines) is 1. The Bertz CT molecular complexity index is 688. The third-order valence-corrected chi connectivity index (χ3v) is 6.59. The fourth-order valence-corrected chi connectivity index (χ4v) is 4.74. The number of nitrogens with one attached hydrogen (secondary N) is 1. The summed E-state index contributed by atoms with van der Waals surface area (Å²) in [5, 5.41) is 3.22. The Balaban J connectivity index is 1.64. The number of benzene rings is 1. The number of amides is 2. The molecule has 154 valence electrons. The normalized spacial score (nSPS) is 21.9. The van der Waals surface area contributed by atoms with Crippen molar-refractivity contribution in [2.45, 2.75) is 50.9 Å². The van der Waals surface area contributed by atoms with Gasteiger partial charge in [-0.1, -0.05) is 35.0 Å². The van der Waals surface area contributed by atoms with E-state index in [2.05, 4.69) is 39.4 Å². The highest BCUT2D eigenvalue weighted by atomic mass is 79.9. The Morgan fingerprint density at radius 3 is 2.82 bits per heavy atom. The van der Waals surface area contributed by atoms with Crippen molar-refractivity contribution in [2.24, 2.45) is 5.92 Å². The van der Waals surface area contributed by atoms with Crippen molar-refractivity contribution in [3.63, 3.8) is 0 Å². The maximum Gasteiger partial charge on any atom is 0.224 e. The molecule has 1 atom stereocenters. The summed E-state index contributed by atoms with van der Waals surface area (Å²) in [6, 6.07) is 8.38. The van der Waals surface area contributed by atoms with E-state index in [1.165, 1.54) is 5.56 Å². The number of rotatable bonds is 6. The van der Waals surface area contributed by atoms with E-state index >= 15 is 0 Å². The number of hydrogen-bond donors (Lipinski definition) is 1. The van der Waals surface area contributed by atoms with Crippen molar-refractivity contribution < 1.29 is 14.3 Å². The Morgan fingerprint density at radius 2 is 2.11 bits per heavy atom. The van der Waals surface area contributed by atoms with Crippen molar-refractivity contribution in [1.82, 2.24) is 10.2 Å². The van der Waals surface area contributed by atoms with Gasteiger partial charge in [0, 0.05) is 49.2 Å². The second-order valence-corrected chi connectivity index (χ2v) is 8.97. The van der Waals surface area contributed by atoms with Crippen LogP contribution in [0, 0.1) is 5.92 Å². The van der Waals surface area contributed by atoms with Gasteiger partial charge >= 0.3 is 0 Å². The summed E-state index contributed by atoms with van der Waals surface area (Å²) in [4.78, 5) is 27.0. The second kappa shape index (κ2) is 9.88. The highest BCUT2D eigenvalue weighted by Crippen LogP contribution is 2.35. The minimum atomic E-state index is -0.103. The summed E-state index contributed by atoms with van der Waals surface area (Å²) in [7, 11) is 0. The van der Waals surface area contributed by atoms with Gasteiger partial charge < -0.3 is 15.0 Å². The lowest BCUT2D eigenvalue weighted by atomic mass is 9.74. The first-order chi connectivity index (χ1) is 13.5. The lowest BCUT2D eigenvalue weighted by molar-refractivity contribution is -0.135. The molecule has 2 heterocycles. The molecule has 2 fully saturated rings. The van der Waals surface area contributed by atoms with Gasteiger partial charge in [0.2, 0.25) is 11.8 Å². The van der Waals surface area contributed by atoms with Crippen LogP contribution in [0.3, 0.4) is 0 Å². The first-order valence-electron chi connectivity index (χ1n) is 10.4. The zero-order valence-corrected chi connectivity index (χ0v) is 18.3. The van der Waals surface area contributed by atoms with E-state index in [4.69, 9.17) is 4.74 Å². The summed E-state index contributed by atoms with van der Waals surface area (Å²) >= 11 is 3.57. The maximum atomic E-state index is 12.9. The van der Waals surface area contributed by atoms with Crippen molar-refractivity contribution in [1.29, 1.82) is 0 Å². The average molecular weight is 451 g/mol. The fourth-order valence-electron chi connectivity index (χ4n) is 4.34. The van der Waals surface area contributed by atoms with E-state index in [0.717, 1.165) is 43.1 Å².